The van der Waals surface area contributed by atoms with Gasteiger partial charge in [-0.25, -0.2) is 0 Å². The molecule has 2 amide bonds. The highest BCUT2D eigenvalue weighted by atomic mass is 35.5. The van der Waals surface area contributed by atoms with E-state index in [1.165, 1.54) is 12.1 Å². The molecule has 1 aromatic carbocycles. The van der Waals surface area contributed by atoms with Crippen LogP contribution in [-0.2, 0) is 9.59 Å². The zero-order valence-corrected chi connectivity index (χ0v) is 14.9. The summed E-state index contributed by atoms with van der Waals surface area (Å²) in [5, 5.41) is 5.94. The highest BCUT2D eigenvalue weighted by molar-refractivity contribution is 6.00. The maximum Gasteiger partial charge on any atom is 0.387 e. The van der Waals surface area contributed by atoms with Crippen LogP contribution >= 0.6 is 12.4 Å². The molecule has 2 heterocycles. The standard InChI is InChI=1S/C17H21F2N3O3.ClH/c18-17(19)25-12-7-5-11(6-8-12)22-10-2-4-14(16(22)24)21-15(23)13-3-1-9-20-13;/h5-8,13-14,17,20H,1-4,9-10H2,(H,21,23);1H. The van der Waals surface area contributed by atoms with Crippen LogP contribution in [0.2, 0.25) is 0 Å². The largest absolute Gasteiger partial charge is 0.435 e. The van der Waals surface area contributed by atoms with Crippen LogP contribution in [0.5, 0.6) is 5.75 Å². The molecule has 0 bridgehead atoms. The third-order valence-corrected chi connectivity index (χ3v) is 4.51. The van der Waals surface area contributed by atoms with Gasteiger partial charge in [-0.2, -0.15) is 8.78 Å². The number of benzene rings is 1. The lowest BCUT2D eigenvalue weighted by atomic mass is 10.0. The van der Waals surface area contributed by atoms with Gasteiger partial charge in [0.1, 0.15) is 11.8 Å². The van der Waals surface area contributed by atoms with Gasteiger partial charge >= 0.3 is 6.61 Å². The summed E-state index contributed by atoms with van der Waals surface area (Å²) in [6.07, 6.45) is 3.09. The SMILES string of the molecule is Cl.O=C(NC1CCCN(c2ccc(OC(F)F)cc2)C1=O)C1CCCN1. The van der Waals surface area contributed by atoms with E-state index in [9.17, 15) is 18.4 Å². The van der Waals surface area contributed by atoms with Gasteiger partial charge in [-0.15, -0.1) is 12.4 Å². The number of nitrogens with zero attached hydrogens (tertiary/aromatic N) is 1. The average Bonchev–Trinajstić information content (AvgIpc) is 3.12. The molecular formula is C17H22ClF2N3O3. The van der Waals surface area contributed by atoms with Crippen molar-refractivity contribution in [2.75, 3.05) is 18.0 Å². The van der Waals surface area contributed by atoms with E-state index in [0.29, 0.717) is 18.7 Å². The van der Waals surface area contributed by atoms with Crippen molar-refractivity contribution in [3.8, 4) is 5.75 Å². The molecule has 26 heavy (non-hydrogen) atoms. The molecule has 9 heteroatoms. The topological polar surface area (TPSA) is 70.7 Å². The fourth-order valence-electron chi connectivity index (χ4n) is 3.25. The highest BCUT2D eigenvalue weighted by Crippen LogP contribution is 2.24. The number of carbonyl (C=O) groups excluding carboxylic acids is 2. The van der Waals surface area contributed by atoms with Gasteiger partial charge < -0.3 is 20.3 Å². The number of ether oxygens (including phenoxy) is 1. The molecule has 0 aromatic heterocycles. The maximum atomic E-state index is 12.7. The number of hydrogen-bond donors (Lipinski definition) is 2. The molecule has 2 fully saturated rings. The van der Waals surface area contributed by atoms with Gasteiger partial charge in [-0.05, 0) is 56.5 Å². The third-order valence-electron chi connectivity index (χ3n) is 4.51. The van der Waals surface area contributed by atoms with Gasteiger partial charge in [0.05, 0.1) is 6.04 Å². The Labute approximate surface area is 156 Å². The highest BCUT2D eigenvalue weighted by Gasteiger charge is 2.33. The lowest BCUT2D eigenvalue weighted by molar-refractivity contribution is -0.129. The fraction of sp³-hybridized carbons (Fsp3) is 0.529. The molecule has 6 nitrogen and oxygen atoms in total. The second kappa shape index (κ2) is 9.14. The molecule has 0 radical (unpaired) electrons. The van der Waals surface area contributed by atoms with Crippen LogP contribution in [0, 0.1) is 0 Å². The number of amides is 2. The fourth-order valence-corrected chi connectivity index (χ4v) is 3.25. The summed E-state index contributed by atoms with van der Waals surface area (Å²) in [6, 6.07) is 5.16. The van der Waals surface area contributed by atoms with Gasteiger partial charge in [0.25, 0.3) is 0 Å². The van der Waals surface area contributed by atoms with Crippen LogP contribution < -0.4 is 20.3 Å². The van der Waals surface area contributed by atoms with Crippen molar-refractivity contribution in [2.24, 2.45) is 0 Å². The number of hydrogen-bond acceptors (Lipinski definition) is 4. The average molecular weight is 390 g/mol. The third kappa shape index (κ3) is 4.82. The van der Waals surface area contributed by atoms with Crippen molar-refractivity contribution in [3.63, 3.8) is 0 Å². The van der Waals surface area contributed by atoms with Gasteiger partial charge in [-0.1, -0.05) is 0 Å². The normalized spacial score (nSPS) is 22.9. The van der Waals surface area contributed by atoms with E-state index in [1.807, 2.05) is 0 Å². The minimum atomic E-state index is -2.88. The van der Waals surface area contributed by atoms with Crippen molar-refractivity contribution in [2.45, 2.75) is 44.4 Å². The smallest absolute Gasteiger partial charge is 0.387 e. The summed E-state index contributed by atoms with van der Waals surface area (Å²) in [7, 11) is 0. The number of rotatable bonds is 5. The summed E-state index contributed by atoms with van der Waals surface area (Å²) in [6.45, 7) is -1.54. The Kier molecular flexibility index (Phi) is 7.16. The zero-order valence-electron chi connectivity index (χ0n) is 14.1. The molecule has 144 valence electrons. The molecule has 0 saturated carbocycles. The van der Waals surface area contributed by atoms with Gasteiger partial charge in [0.2, 0.25) is 11.8 Å². The monoisotopic (exact) mass is 389 g/mol. The number of halogens is 3. The molecule has 2 unspecified atom stereocenters. The quantitative estimate of drug-likeness (QED) is 0.808. The van der Waals surface area contributed by atoms with Crippen molar-refractivity contribution in [3.05, 3.63) is 24.3 Å². The first-order chi connectivity index (χ1) is 12.0. The molecule has 2 N–H and O–H groups in total. The van der Waals surface area contributed by atoms with Crippen molar-refractivity contribution in [1.82, 2.24) is 10.6 Å². The van der Waals surface area contributed by atoms with Gasteiger partial charge in [0.15, 0.2) is 0 Å². The Bertz CT molecular complexity index is 624. The van der Waals surface area contributed by atoms with Crippen LogP contribution in [0.25, 0.3) is 0 Å². The minimum Gasteiger partial charge on any atom is -0.435 e. The predicted octanol–water partition coefficient (Wildman–Crippen LogP) is 2.07. The summed E-state index contributed by atoms with van der Waals surface area (Å²) in [4.78, 5) is 26.5. The first-order valence-corrected chi connectivity index (χ1v) is 8.44. The molecule has 1 aromatic rings. The van der Waals surface area contributed by atoms with Gasteiger partial charge in [0, 0.05) is 12.2 Å². The summed E-state index contributed by atoms with van der Waals surface area (Å²) >= 11 is 0. The van der Waals surface area contributed by atoms with Crippen LogP contribution in [0.3, 0.4) is 0 Å². The molecule has 2 saturated heterocycles. The number of carbonyl (C=O) groups is 2. The van der Waals surface area contributed by atoms with E-state index in [0.717, 1.165) is 25.8 Å². The molecule has 3 rings (SSSR count). The molecule has 0 spiro atoms. The van der Waals surface area contributed by atoms with Crippen LogP contribution in [0.1, 0.15) is 25.7 Å². The Morgan fingerprint density at radius 1 is 1.23 bits per heavy atom. The van der Waals surface area contributed by atoms with E-state index in [2.05, 4.69) is 15.4 Å². The summed E-state index contributed by atoms with van der Waals surface area (Å²) in [5.41, 5.74) is 0.601. The van der Waals surface area contributed by atoms with Crippen LogP contribution in [0.15, 0.2) is 24.3 Å². The van der Waals surface area contributed by atoms with Crippen LogP contribution in [-0.4, -0.2) is 43.6 Å². The number of anilines is 1. The second-order valence-corrected chi connectivity index (χ2v) is 6.21. The van der Waals surface area contributed by atoms with E-state index in [1.54, 1.807) is 17.0 Å². The molecule has 2 aliphatic heterocycles. The zero-order chi connectivity index (χ0) is 17.8. The minimum absolute atomic E-state index is 0. The van der Waals surface area contributed by atoms with Crippen molar-refractivity contribution in [1.29, 1.82) is 0 Å². The molecule has 2 aliphatic rings. The Morgan fingerprint density at radius 2 is 1.96 bits per heavy atom. The first kappa shape index (κ1) is 20.4. The molecular weight excluding hydrogens is 368 g/mol. The second-order valence-electron chi connectivity index (χ2n) is 6.21. The van der Waals surface area contributed by atoms with E-state index >= 15 is 0 Å². The molecule has 0 aliphatic carbocycles. The number of piperidine rings is 1. The first-order valence-electron chi connectivity index (χ1n) is 8.44. The predicted molar refractivity (Wildman–Crippen MR) is 94.9 cm³/mol. The maximum absolute atomic E-state index is 12.7. The van der Waals surface area contributed by atoms with E-state index in [-0.39, 0.29) is 36.0 Å². The Balaban J connectivity index is 0.00000243. The molecule has 2 atom stereocenters. The van der Waals surface area contributed by atoms with Crippen LogP contribution in [0.4, 0.5) is 14.5 Å². The van der Waals surface area contributed by atoms with E-state index in [4.69, 9.17) is 0 Å². The lowest BCUT2D eigenvalue weighted by Crippen LogP contribution is -2.55. The van der Waals surface area contributed by atoms with Gasteiger partial charge in [-0.3, -0.25) is 9.59 Å². The Morgan fingerprint density at radius 3 is 2.58 bits per heavy atom. The Hall–Kier alpha value is -1.93. The lowest BCUT2D eigenvalue weighted by Gasteiger charge is -2.33. The number of alkyl halides is 2. The van der Waals surface area contributed by atoms with Crippen molar-refractivity contribution >= 4 is 29.9 Å². The van der Waals surface area contributed by atoms with E-state index < -0.39 is 12.7 Å². The van der Waals surface area contributed by atoms with Crippen molar-refractivity contribution < 1.29 is 23.1 Å². The number of nitrogens with one attached hydrogen (secondary N) is 2. The summed E-state index contributed by atoms with van der Waals surface area (Å²) < 4.78 is 28.7. The summed E-state index contributed by atoms with van der Waals surface area (Å²) in [5.74, 6) is -0.279.